The monoisotopic (exact) mass is 547 g/mol. The molecular weight excluding hydrogens is 518 g/mol. The number of methoxy groups -OCH3 is 1. The van der Waals surface area contributed by atoms with Crippen LogP contribution in [0.25, 0.3) is 10.4 Å². The Kier molecular flexibility index (Phi) is 12.0. The topological polar surface area (TPSA) is 193 Å². The first-order chi connectivity index (χ1) is 18.6. The van der Waals surface area contributed by atoms with E-state index in [1.807, 2.05) is 0 Å². The van der Waals surface area contributed by atoms with Crippen molar-refractivity contribution in [3.63, 3.8) is 0 Å². The highest BCUT2D eigenvalue weighted by atomic mass is 16.7. The summed E-state index contributed by atoms with van der Waals surface area (Å²) in [5, 5.41) is 13.3. The van der Waals surface area contributed by atoms with Crippen LogP contribution in [0.15, 0.2) is 23.3 Å². The van der Waals surface area contributed by atoms with E-state index in [9.17, 15) is 24.3 Å². The molecule has 0 unspecified atom stereocenters. The largest absolute Gasteiger partial charge is 0.467 e. The van der Waals surface area contributed by atoms with Gasteiger partial charge in [-0.05, 0) is 24.1 Å². The number of unbranched alkanes of at least 4 members (excludes halogenated alkanes) is 1. The Balaban J connectivity index is 2.49. The zero-order valence-corrected chi connectivity index (χ0v) is 21.8. The van der Waals surface area contributed by atoms with Crippen LogP contribution >= 0.6 is 0 Å². The van der Waals surface area contributed by atoms with Crippen molar-refractivity contribution in [3.8, 4) is 17.6 Å². The second-order valence-corrected chi connectivity index (χ2v) is 8.13. The number of carbonyl (C=O) groups excluding carboxylic acids is 4. The molecule has 14 nitrogen and oxygen atoms in total. The van der Waals surface area contributed by atoms with Crippen LogP contribution in [-0.4, -0.2) is 73.3 Å². The molecule has 1 fully saturated rings. The predicted molar refractivity (Wildman–Crippen MR) is 130 cm³/mol. The van der Waals surface area contributed by atoms with Crippen LogP contribution in [0.1, 0.15) is 44.7 Å². The van der Waals surface area contributed by atoms with Crippen molar-refractivity contribution in [1.29, 1.82) is 0 Å². The molecule has 14 heteroatoms. The average Bonchev–Trinajstić information content (AvgIpc) is 2.88. The van der Waals surface area contributed by atoms with Gasteiger partial charge in [0, 0.05) is 49.8 Å². The van der Waals surface area contributed by atoms with Gasteiger partial charge in [0.25, 0.3) is 0 Å². The Morgan fingerprint density at radius 2 is 1.69 bits per heavy atom. The lowest BCUT2D eigenvalue weighted by atomic mass is 9.97. The maximum Gasteiger partial charge on any atom is 0.339 e. The summed E-state index contributed by atoms with van der Waals surface area (Å²) in [5.74, 6) is 2.47. The summed E-state index contributed by atoms with van der Waals surface area (Å²) in [5.41, 5.74) is 9.12. The first-order valence-electron chi connectivity index (χ1n) is 11.8. The average molecular weight is 548 g/mol. The molecule has 1 aliphatic heterocycles. The molecule has 0 aliphatic carbocycles. The number of benzene rings is 1. The number of esters is 4. The highest BCUT2D eigenvalue weighted by molar-refractivity contribution is 5.77. The van der Waals surface area contributed by atoms with Crippen LogP contribution in [0.2, 0.25) is 0 Å². The number of hydrogen-bond acceptors (Lipinski definition) is 12. The summed E-state index contributed by atoms with van der Waals surface area (Å²) in [6.07, 6.45) is -6.75. The molecule has 0 spiro atoms. The molecule has 0 saturated carbocycles. The second kappa shape index (κ2) is 15.2. The highest BCUT2D eigenvalue weighted by Crippen LogP contribution is 2.32. The maximum absolute atomic E-state index is 12.6. The van der Waals surface area contributed by atoms with E-state index < -0.39 is 61.2 Å². The number of aliphatic hydroxyl groups excluding tert-OH is 1. The predicted octanol–water partition coefficient (Wildman–Crippen LogP) is 1.69. The van der Waals surface area contributed by atoms with Gasteiger partial charge in [0.15, 0.2) is 18.3 Å². The third kappa shape index (κ3) is 9.19. The summed E-state index contributed by atoms with van der Waals surface area (Å²) < 4.78 is 32.4. The maximum atomic E-state index is 12.6. The van der Waals surface area contributed by atoms with Crippen LogP contribution < -0.4 is 4.74 Å². The second-order valence-electron chi connectivity index (χ2n) is 8.13. The quantitative estimate of drug-likeness (QED) is 0.0852. The smallest absolute Gasteiger partial charge is 0.339 e. The number of ether oxygens (including phenoxy) is 6. The molecule has 1 aromatic rings. The van der Waals surface area contributed by atoms with Gasteiger partial charge in [0.1, 0.15) is 5.75 Å². The Labute approximate surface area is 224 Å². The summed E-state index contributed by atoms with van der Waals surface area (Å²) >= 11 is 0. The van der Waals surface area contributed by atoms with Crippen molar-refractivity contribution < 1.29 is 52.7 Å². The lowest BCUT2D eigenvalue weighted by molar-refractivity contribution is -0.282. The molecule has 1 saturated heterocycles. The molecule has 39 heavy (non-hydrogen) atoms. The fourth-order valence-corrected chi connectivity index (χ4v) is 3.62. The molecule has 210 valence electrons. The fraction of sp³-hybridized carbons (Fsp3) is 0.520. The lowest BCUT2D eigenvalue weighted by Gasteiger charge is -2.43. The van der Waals surface area contributed by atoms with Gasteiger partial charge in [-0.15, -0.1) is 0 Å². The van der Waals surface area contributed by atoms with Gasteiger partial charge in [0.05, 0.1) is 13.7 Å². The van der Waals surface area contributed by atoms with Crippen LogP contribution in [0.5, 0.6) is 5.75 Å². The molecule has 0 aromatic heterocycles. The minimum absolute atomic E-state index is 0.0664. The summed E-state index contributed by atoms with van der Waals surface area (Å²) in [6, 6.07) is 4.68. The van der Waals surface area contributed by atoms with Gasteiger partial charge < -0.3 is 33.5 Å². The summed E-state index contributed by atoms with van der Waals surface area (Å²) in [4.78, 5) is 51.0. The van der Waals surface area contributed by atoms with Crippen molar-refractivity contribution in [2.24, 2.45) is 5.11 Å². The third-order valence-electron chi connectivity index (χ3n) is 5.17. The Morgan fingerprint density at radius 3 is 2.28 bits per heavy atom. The van der Waals surface area contributed by atoms with Crippen LogP contribution in [-0.2, 0) is 49.5 Å². The third-order valence-corrected chi connectivity index (χ3v) is 5.17. The van der Waals surface area contributed by atoms with E-state index in [1.54, 1.807) is 12.1 Å². The van der Waals surface area contributed by atoms with E-state index in [4.69, 9.17) is 34.0 Å². The SMILES string of the molecule is COC(=O)[C@H]1O[C@@H](Oc2cc(C#CCCCN=[N+]=[N-])ccc2CO)[C@H](OC(C)=O)[C@@H](OC(C)=O)[C@@H]1OC(C)=O. The standard InChI is InChI=1S/C25H29N3O11/c1-14(30)35-20-21(36-15(2)31)23(37-16(3)32)25(39-22(20)24(33)34-4)38-19-12-17(9-10-18(19)13-29)8-6-5-7-11-27-28-26/h9-10,12,20-23,25,29H,5,7,11,13H2,1-4H3/t20-,21-,22-,23+,25+/m0/s1. The fourth-order valence-electron chi connectivity index (χ4n) is 3.62. The number of aliphatic hydroxyl groups is 1. The minimum atomic E-state index is -1.63. The van der Waals surface area contributed by atoms with E-state index in [0.717, 1.165) is 27.9 Å². The van der Waals surface area contributed by atoms with E-state index in [1.165, 1.54) is 6.07 Å². The number of azide groups is 1. The minimum Gasteiger partial charge on any atom is -0.467 e. The van der Waals surface area contributed by atoms with E-state index in [2.05, 4.69) is 21.9 Å². The van der Waals surface area contributed by atoms with Crippen molar-refractivity contribution in [3.05, 3.63) is 39.8 Å². The number of carbonyl (C=O) groups is 4. The van der Waals surface area contributed by atoms with Gasteiger partial charge in [-0.25, -0.2) is 4.79 Å². The van der Waals surface area contributed by atoms with Gasteiger partial charge in [-0.2, -0.15) is 0 Å². The molecule has 0 amide bonds. The Bertz CT molecular complexity index is 1170. The first-order valence-corrected chi connectivity index (χ1v) is 11.8. The zero-order chi connectivity index (χ0) is 28.9. The molecular formula is C25H29N3O11. The van der Waals surface area contributed by atoms with Crippen LogP contribution in [0.3, 0.4) is 0 Å². The molecule has 1 aliphatic rings. The van der Waals surface area contributed by atoms with Crippen LogP contribution in [0, 0.1) is 11.8 Å². The van der Waals surface area contributed by atoms with E-state index >= 15 is 0 Å². The molecule has 1 aromatic carbocycles. The van der Waals surface area contributed by atoms with Gasteiger partial charge in [-0.1, -0.05) is 23.0 Å². The first kappa shape index (κ1) is 30.9. The zero-order valence-electron chi connectivity index (χ0n) is 21.8. The van der Waals surface area contributed by atoms with Crippen molar-refractivity contribution in [2.45, 2.75) is 70.9 Å². The number of hydrogen-bond donors (Lipinski definition) is 1. The summed E-state index contributed by atoms with van der Waals surface area (Å²) in [7, 11) is 1.07. The Morgan fingerprint density at radius 1 is 1.05 bits per heavy atom. The Hall–Kier alpha value is -4.31. The van der Waals surface area contributed by atoms with Crippen molar-refractivity contribution >= 4 is 23.9 Å². The summed E-state index contributed by atoms with van der Waals surface area (Å²) in [6.45, 7) is 3.08. The van der Waals surface area contributed by atoms with E-state index in [0.29, 0.717) is 30.5 Å². The van der Waals surface area contributed by atoms with E-state index in [-0.39, 0.29) is 5.75 Å². The molecule has 1 N–H and O–H groups in total. The van der Waals surface area contributed by atoms with Gasteiger partial charge in [-0.3, -0.25) is 14.4 Å². The van der Waals surface area contributed by atoms with Crippen molar-refractivity contribution in [1.82, 2.24) is 0 Å². The highest BCUT2D eigenvalue weighted by Gasteiger charge is 2.55. The van der Waals surface area contributed by atoms with Gasteiger partial charge >= 0.3 is 23.9 Å². The molecule has 0 bridgehead atoms. The normalized spacial score (nSPS) is 21.7. The number of nitrogens with zero attached hydrogens (tertiary/aromatic N) is 3. The molecule has 2 rings (SSSR count). The molecule has 0 radical (unpaired) electrons. The van der Waals surface area contributed by atoms with Gasteiger partial charge in [0.2, 0.25) is 12.4 Å². The lowest BCUT2D eigenvalue weighted by Crippen LogP contribution is -2.64. The molecule has 5 atom stereocenters. The molecule has 1 heterocycles. The number of rotatable bonds is 10. The van der Waals surface area contributed by atoms with Crippen LogP contribution in [0.4, 0.5) is 0 Å². The van der Waals surface area contributed by atoms with Crippen molar-refractivity contribution in [2.75, 3.05) is 13.7 Å².